The van der Waals surface area contributed by atoms with Crippen molar-refractivity contribution in [2.75, 3.05) is 32.6 Å². The molecule has 0 spiro atoms. The molecular weight excluding hydrogens is 344 g/mol. The molecule has 0 radical (unpaired) electrons. The molecule has 1 N–H and O–H groups in total. The molecule has 1 aromatic rings. The van der Waals surface area contributed by atoms with Crippen molar-refractivity contribution in [2.24, 2.45) is 0 Å². The number of amides is 2. The van der Waals surface area contributed by atoms with Crippen LogP contribution in [0, 0.1) is 0 Å². The Kier molecular flexibility index (Phi) is 7.23. The number of carbonyl (C=O) groups is 2. The van der Waals surface area contributed by atoms with Crippen LogP contribution in [-0.4, -0.2) is 56.2 Å². The van der Waals surface area contributed by atoms with E-state index in [-0.39, 0.29) is 17.9 Å². The zero-order valence-electron chi connectivity index (χ0n) is 14.9. The number of ether oxygens (including phenoxy) is 2. The van der Waals surface area contributed by atoms with Crippen molar-refractivity contribution in [3.05, 3.63) is 28.8 Å². The second kappa shape index (κ2) is 9.17. The van der Waals surface area contributed by atoms with Crippen LogP contribution in [-0.2, 0) is 14.3 Å². The van der Waals surface area contributed by atoms with Gasteiger partial charge in [-0.3, -0.25) is 9.59 Å². The molecule has 6 nitrogen and oxygen atoms in total. The average molecular weight is 369 g/mol. The minimum absolute atomic E-state index is 0.0497. The lowest BCUT2D eigenvalue weighted by Gasteiger charge is -2.24. The number of nitrogens with zero attached hydrogens (tertiary/aromatic N) is 1. The summed E-state index contributed by atoms with van der Waals surface area (Å²) in [6.45, 7) is 2.82. The number of carbonyl (C=O) groups excluding carboxylic acids is 2. The van der Waals surface area contributed by atoms with E-state index >= 15 is 0 Å². The Morgan fingerprint density at radius 2 is 2.16 bits per heavy atom. The SMILES string of the molecule is CC(OCC1CCCCO1)C(=O)Nc1cc(C(=O)N(C)C)ccc1Cl. The summed E-state index contributed by atoms with van der Waals surface area (Å²) in [6, 6.07) is 4.79. The smallest absolute Gasteiger partial charge is 0.253 e. The van der Waals surface area contributed by atoms with Crippen LogP contribution < -0.4 is 5.32 Å². The van der Waals surface area contributed by atoms with Crippen LogP contribution in [0.15, 0.2) is 18.2 Å². The molecule has 0 aliphatic carbocycles. The lowest BCUT2D eigenvalue weighted by molar-refractivity contribution is -0.130. The average Bonchev–Trinajstić information content (AvgIpc) is 2.61. The Hall–Kier alpha value is -1.63. The number of anilines is 1. The predicted molar refractivity (Wildman–Crippen MR) is 97.1 cm³/mol. The molecule has 0 saturated carbocycles. The second-order valence-electron chi connectivity index (χ2n) is 6.35. The van der Waals surface area contributed by atoms with Crippen molar-refractivity contribution in [2.45, 2.75) is 38.4 Å². The Labute approximate surface area is 153 Å². The number of hydrogen-bond acceptors (Lipinski definition) is 4. The molecule has 1 fully saturated rings. The van der Waals surface area contributed by atoms with Crippen molar-refractivity contribution < 1.29 is 19.1 Å². The molecule has 0 aromatic heterocycles. The highest BCUT2D eigenvalue weighted by molar-refractivity contribution is 6.34. The van der Waals surface area contributed by atoms with Crippen LogP contribution in [0.2, 0.25) is 5.02 Å². The number of nitrogens with one attached hydrogen (secondary N) is 1. The van der Waals surface area contributed by atoms with Crippen LogP contribution in [0.1, 0.15) is 36.5 Å². The highest BCUT2D eigenvalue weighted by Crippen LogP contribution is 2.24. The quantitative estimate of drug-likeness (QED) is 0.838. The minimum Gasteiger partial charge on any atom is -0.376 e. The maximum Gasteiger partial charge on any atom is 0.253 e. The van der Waals surface area contributed by atoms with Crippen LogP contribution in [0.4, 0.5) is 5.69 Å². The molecule has 0 bridgehead atoms. The van der Waals surface area contributed by atoms with E-state index in [1.54, 1.807) is 39.2 Å². The van der Waals surface area contributed by atoms with E-state index in [9.17, 15) is 9.59 Å². The van der Waals surface area contributed by atoms with Gasteiger partial charge in [0.25, 0.3) is 11.8 Å². The molecule has 1 aliphatic heterocycles. The van der Waals surface area contributed by atoms with E-state index < -0.39 is 6.10 Å². The molecule has 2 amide bonds. The Balaban J connectivity index is 1.94. The number of benzene rings is 1. The summed E-state index contributed by atoms with van der Waals surface area (Å²) in [5.41, 5.74) is 0.845. The first-order chi connectivity index (χ1) is 11.9. The first-order valence-electron chi connectivity index (χ1n) is 8.43. The predicted octanol–water partition coefficient (Wildman–Crippen LogP) is 2.95. The van der Waals surface area contributed by atoms with Gasteiger partial charge in [-0.2, -0.15) is 0 Å². The van der Waals surface area contributed by atoms with Gasteiger partial charge in [0.1, 0.15) is 6.10 Å². The summed E-state index contributed by atoms with van der Waals surface area (Å²) in [4.78, 5) is 25.8. The lowest BCUT2D eigenvalue weighted by Crippen LogP contribution is -2.32. The van der Waals surface area contributed by atoms with Gasteiger partial charge in [0.05, 0.1) is 23.4 Å². The van der Waals surface area contributed by atoms with Gasteiger partial charge in [0.15, 0.2) is 0 Å². The summed E-state index contributed by atoms with van der Waals surface area (Å²) >= 11 is 6.13. The third-order valence-electron chi connectivity index (χ3n) is 4.05. The normalized spacial score (nSPS) is 18.5. The third kappa shape index (κ3) is 5.70. The minimum atomic E-state index is -0.644. The summed E-state index contributed by atoms with van der Waals surface area (Å²) < 4.78 is 11.2. The van der Waals surface area contributed by atoms with E-state index in [1.165, 1.54) is 4.90 Å². The summed E-state index contributed by atoms with van der Waals surface area (Å²) in [6.07, 6.45) is 2.56. The van der Waals surface area contributed by atoms with Crippen molar-refractivity contribution in [1.29, 1.82) is 0 Å². The molecule has 1 saturated heterocycles. The van der Waals surface area contributed by atoms with Gasteiger partial charge in [0.2, 0.25) is 0 Å². The Bertz CT molecular complexity index is 615. The number of halogens is 1. The maximum atomic E-state index is 12.3. The van der Waals surface area contributed by atoms with E-state index in [4.69, 9.17) is 21.1 Å². The van der Waals surface area contributed by atoms with E-state index in [1.807, 2.05) is 0 Å². The van der Waals surface area contributed by atoms with Gasteiger partial charge in [-0.05, 0) is 44.4 Å². The van der Waals surface area contributed by atoms with Gasteiger partial charge in [0, 0.05) is 26.3 Å². The van der Waals surface area contributed by atoms with Gasteiger partial charge >= 0.3 is 0 Å². The highest BCUT2D eigenvalue weighted by Gasteiger charge is 2.20. The van der Waals surface area contributed by atoms with Crippen LogP contribution in [0.25, 0.3) is 0 Å². The molecule has 7 heteroatoms. The fourth-order valence-corrected chi connectivity index (χ4v) is 2.68. The summed E-state index contributed by atoms with van der Waals surface area (Å²) in [5, 5.41) is 3.09. The second-order valence-corrected chi connectivity index (χ2v) is 6.75. The molecule has 2 atom stereocenters. The fourth-order valence-electron chi connectivity index (χ4n) is 2.51. The molecule has 2 unspecified atom stereocenters. The number of rotatable bonds is 6. The molecule has 25 heavy (non-hydrogen) atoms. The van der Waals surface area contributed by atoms with Crippen molar-refractivity contribution >= 4 is 29.1 Å². The van der Waals surface area contributed by atoms with Crippen LogP contribution >= 0.6 is 11.6 Å². The maximum absolute atomic E-state index is 12.3. The molecule has 1 aromatic carbocycles. The van der Waals surface area contributed by atoms with Crippen molar-refractivity contribution in [3.63, 3.8) is 0 Å². The molecule has 1 aliphatic rings. The van der Waals surface area contributed by atoms with Gasteiger partial charge < -0.3 is 19.7 Å². The van der Waals surface area contributed by atoms with Gasteiger partial charge in [-0.25, -0.2) is 0 Å². The molecule has 138 valence electrons. The van der Waals surface area contributed by atoms with Gasteiger partial charge in [-0.1, -0.05) is 11.6 Å². The molecule has 1 heterocycles. The Morgan fingerprint density at radius 1 is 1.40 bits per heavy atom. The standard InChI is InChI=1S/C18H25ClN2O4/c1-12(25-11-14-6-4-5-9-24-14)17(22)20-16-10-13(7-8-15(16)19)18(23)21(2)3/h7-8,10,12,14H,4-6,9,11H2,1-3H3,(H,20,22). The van der Waals surface area contributed by atoms with E-state index in [2.05, 4.69) is 5.32 Å². The highest BCUT2D eigenvalue weighted by atomic mass is 35.5. The van der Waals surface area contributed by atoms with Crippen LogP contribution in [0.3, 0.4) is 0 Å². The molecular formula is C18H25ClN2O4. The monoisotopic (exact) mass is 368 g/mol. The first-order valence-corrected chi connectivity index (χ1v) is 8.81. The first kappa shape index (κ1) is 19.7. The number of hydrogen-bond donors (Lipinski definition) is 1. The summed E-state index contributed by atoms with van der Waals surface area (Å²) in [5.74, 6) is -0.474. The topological polar surface area (TPSA) is 67.9 Å². The van der Waals surface area contributed by atoms with Crippen molar-refractivity contribution in [1.82, 2.24) is 4.90 Å². The third-order valence-corrected chi connectivity index (χ3v) is 4.38. The van der Waals surface area contributed by atoms with E-state index in [0.29, 0.717) is 22.9 Å². The molecule has 2 rings (SSSR count). The van der Waals surface area contributed by atoms with Crippen LogP contribution in [0.5, 0.6) is 0 Å². The fraction of sp³-hybridized carbons (Fsp3) is 0.556. The van der Waals surface area contributed by atoms with Gasteiger partial charge in [-0.15, -0.1) is 0 Å². The van der Waals surface area contributed by atoms with Crippen molar-refractivity contribution in [3.8, 4) is 0 Å². The zero-order valence-corrected chi connectivity index (χ0v) is 15.6. The largest absolute Gasteiger partial charge is 0.376 e. The summed E-state index contributed by atoms with van der Waals surface area (Å²) in [7, 11) is 3.33. The van der Waals surface area contributed by atoms with E-state index in [0.717, 1.165) is 25.9 Å². The lowest BCUT2D eigenvalue weighted by atomic mass is 10.1. The zero-order chi connectivity index (χ0) is 18.4. The Morgan fingerprint density at radius 3 is 2.80 bits per heavy atom.